The molecule has 0 aromatic heterocycles. The van der Waals surface area contributed by atoms with E-state index >= 15 is 0 Å². The Morgan fingerprint density at radius 1 is 1.24 bits per heavy atom. The molecule has 0 spiro atoms. The fraction of sp³-hybridized carbons (Fsp3) is 0.941. The van der Waals surface area contributed by atoms with Gasteiger partial charge in [-0.2, -0.15) is 5.26 Å². The van der Waals surface area contributed by atoms with Crippen LogP contribution in [0.3, 0.4) is 0 Å². The van der Waals surface area contributed by atoms with E-state index < -0.39 is 0 Å². The average molecular weight is 290 g/mol. The molecule has 2 aliphatic heterocycles. The predicted molar refractivity (Wildman–Crippen MR) is 85.0 cm³/mol. The molecule has 3 aliphatic rings. The first kappa shape index (κ1) is 15.3. The lowest BCUT2D eigenvalue weighted by atomic mass is 9.91. The standard InChI is InChI=1S/C17H30N4/c1-3-19-17(12-18,15-7-8-15)13-21-11-16-6-4-5-9-20(16)10-14(21)2/h14-16,19H,3-11,13H2,1-2H3. The first-order valence-corrected chi connectivity index (χ1v) is 8.83. The van der Waals surface area contributed by atoms with Gasteiger partial charge in [0.05, 0.1) is 6.07 Å². The summed E-state index contributed by atoms with van der Waals surface area (Å²) in [6, 6.07) is 3.95. The largest absolute Gasteiger partial charge is 0.298 e. The number of likely N-dealkylation sites (N-methyl/N-ethyl adjacent to an activating group) is 1. The lowest BCUT2D eigenvalue weighted by molar-refractivity contribution is 0.00399. The number of hydrogen-bond acceptors (Lipinski definition) is 4. The Labute approximate surface area is 129 Å². The van der Waals surface area contributed by atoms with Crippen molar-refractivity contribution in [3.8, 4) is 6.07 Å². The maximum atomic E-state index is 9.82. The first-order valence-electron chi connectivity index (χ1n) is 8.83. The van der Waals surface area contributed by atoms with Crippen LogP contribution in [0.15, 0.2) is 0 Å². The van der Waals surface area contributed by atoms with E-state index in [9.17, 15) is 5.26 Å². The quantitative estimate of drug-likeness (QED) is 0.839. The van der Waals surface area contributed by atoms with Crippen molar-refractivity contribution >= 4 is 0 Å². The lowest BCUT2D eigenvalue weighted by Gasteiger charge is -2.49. The van der Waals surface area contributed by atoms with E-state index in [-0.39, 0.29) is 5.54 Å². The Morgan fingerprint density at radius 2 is 2.05 bits per heavy atom. The van der Waals surface area contributed by atoms with E-state index in [1.165, 1.54) is 45.2 Å². The van der Waals surface area contributed by atoms with Crippen molar-refractivity contribution in [1.29, 1.82) is 5.26 Å². The molecule has 3 rings (SSSR count). The van der Waals surface area contributed by atoms with Crippen LogP contribution in [-0.2, 0) is 0 Å². The first-order chi connectivity index (χ1) is 10.2. The number of rotatable bonds is 5. The van der Waals surface area contributed by atoms with Crippen molar-refractivity contribution in [3.05, 3.63) is 0 Å². The molecule has 3 unspecified atom stereocenters. The van der Waals surface area contributed by atoms with E-state index in [1.54, 1.807) is 0 Å². The second-order valence-corrected chi connectivity index (χ2v) is 7.31. The minimum absolute atomic E-state index is 0.306. The minimum Gasteiger partial charge on any atom is -0.298 e. The fourth-order valence-corrected chi connectivity index (χ4v) is 4.34. The molecule has 0 aromatic carbocycles. The topological polar surface area (TPSA) is 42.3 Å². The Balaban J connectivity index is 1.69. The molecular formula is C17H30N4. The Morgan fingerprint density at radius 3 is 2.71 bits per heavy atom. The normalized spacial score (nSPS) is 34.0. The maximum Gasteiger partial charge on any atom is 0.122 e. The van der Waals surface area contributed by atoms with E-state index in [1.807, 2.05) is 0 Å². The number of fused-ring (bicyclic) bond motifs is 1. The van der Waals surface area contributed by atoms with Gasteiger partial charge in [0.1, 0.15) is 5.54 Å². The van der Waals surface area contributed by atoms with Gasteiger partial charge in [-0.1, -0.05) is 13.3 Å². The summed E-state index contributed by atoms with van der Waals surface area (Å²) in [6.45, 7) is 9.88. The van der Waals surface area contributed by atoms with Crippen molar-refractivity contribution in [1.82, 2.24) is 15.1 Å². The van der Waals surface area contributed by atoms with Crippen LogP contribution in [0.25, 0.3) is 0 Å². The highest BCUT2D eigenvalue weighted by Crippen LogP contribution is 2.40. The Hall–Kier alpha value is -0.630. The molecule has 2 heterocycles. The minimum atomic E-state index is -0.306. The summed E-state index contributed by atoms with van der Waals surface area (Å²) < 4.78 is 0. The number of nitrogens with zero attached hydrogens (tertiary/aromatic N) is 3. The zero-order chi connectivity index (χ0) is 14.9. The third kappa shape index (κ3) is 3.11. The number of nitrogens with one attached hydrogen (secondary N) is 1. The van der Waals surface area contributed by atoms with Crippen LogP contribution in [0.5, 0.6) is 0 Å². The van der Waals surface area contributed by atoms with E-state index in [2.05, 4.69) is 35.0 Å². The van der Waals surface area contributed by atoms with Crippen molar-refractivity contribution < 1.29 is 0 Å². The molecule has 0 radical (unpaired) electrons. The Kier molecular flexibility index (Phi) is 4.54. The molecule has 4 nitrogen and oxygen atoms in total. The van der Waals surface area contributed by atoms with E-state index in [4.69, 9.17) is 0 Å². The van der Waals surface area contributed by atoms with E-state index in [0.29, 0.717) is 12.0 Å². The van der Waals surface area contributed by atoms with Gasteiger partial charge in [-0.3, -0.25) is 15.1 Å². The second-order valence-electron chi connectivity index (χ2n) is 7.31. The molecule has 4 heteroatoms. The monoisotopic (exact) mass is 290 g/mol. The summed E-state index contributed by atoms with van der Waals surface area (Å²) in [5.41, 5.74) is -0.306. The number of piperidine rings is 1. The summed E-state index contributed by atoms with van der Waals surface area (Å²) in [6.07, 6.45) is 6.53. The molecule has 1 N–H and O–H groups in total. The molecule has 0 amide bonds. The van der Waals surface area contributed by atoms with Crippen LogP contribution >= 0.6 is 0 Å². The molecule has 118 valence electrons. The summed E-state index contributed by atoms with van der Waals surface area (Å²) in [4.78, 5) is 5.28. The molecule has 1 aliphatic carbocycles. The number of hydrogen-bond donors (Lipinski definition) is 1. The van der Waals surface area contributed by atoms with Gasteiger partial charge in [0.15, 0.2) is 0 Å². The molecule has 2 saturated heterocycles. The smallest absolute Gasteiger partial charge is 0.122 e. The van der Waals surface area contributed by atoms with Crippen LogP contribution in [0.2, 0.25) is 0 Å². The summed E-state index contributed by atoms with van der Waals surface area (Å²) in [5.74, 6) is 0.569. The summed E-state index contributed by atoms with van der Waals surface area (Å²) in [5, 5.41) is 13.3. The zero-order valence-electron chi connectivity index (χ0n) is 13.6. The van der Waals surface area contributed by atoms with Gasteiger partial charge in [0.2, 0.25) is 0 Å². The third-order valence-electron chi connectivity index (χ3n) is 5.73. The van der Waals surface area contributed by atoms with Gasteiger partial charge >= 0.3 is 0 Å². The van der Waals surface area contributed by atoms with Gasteiger partial charge in [0, 0.05) is 31.7 Å². The van der Waals surface area contributed by atoms with Crippen LogP contribution in [0.1, 0.15) is 46.0 Å². The molecular weight excluding hydrogens is 260 g/mol. The highest BCUT2D eigenvalue weighted by atomic mass is 15.3. The van der Waals surface area contributed by atoms with Gasteiger partial charge in [0.25, 0.3) is 0 Å². The lowest BCUT2D eigenvalue weighted by Crippen LogP contribution is -2.63. The SMILES string of the molecule is CCNC(C#N)(CN1CC2CCCCN2CC1C)C1CC1. The van der Waals surface area contributed by atoms with Crippen LogP contribution in [0, 0.1) is 17.2 Å². The van der Waals surface area contributed by atoms with Crippen LogP contribution in [-0.4, -0.2) is 60.1 Å². The second kappa shape index (κ2) is 6.24. The highest BCUT2D eigenvalue weighted by molar-refractivity contribution is 5.17. The zero-order valence-corrected chi connectivity index (χ0v) is 13.6. The van der Waals surface area contributed by atoms with E-state index in [0.717, 1.165) is 25.7 Å². The molecule has 21 heavy (non-hydrogen) atoms. The van der Waals surface area contributed by atoms with Gasteiger partial charge in [-0.15, -0.1) is 0 Å². The fourth-order valence-electron chi connectivity index (χ4n) is 4.34. The number of nitriles is 1. The molecule has 0 bridgehead atoms. The average Bonchev–Trinajstić information content (AvgIpc) is 3.32. The maximum absolute atomic E-state index is 9.82. The van der Waals surface area contributed by atoms with Gasteiger partial charge in [-0.05, 0) is 51.6 Å². The number of piperazine rings is 1. The van der Waals surface area contributed by atoms with Crippen molar-refractivity contribution in [2.75, 3.05) is 32.7 Å². The summed E-state index contributed by atoms with van der Waals surface area (Å²) >= 11 is 0. The highest BCUT2D eigenvalue weighted by Gasteiger charge is 2.47. The Bertz CT molecular complexity index is 400. The third-order valence-corrected chi connectivity index (χ3v) is 5.73. The van der Waals surface area contributed by atoms with Crippen molar-refractivity contribution in [3.63, 3.8) is 0 Å². The molecule has 1 saturated carbocycles. The summed E-state index contributed by atoms with van der Waals surface area (Å²) in [7, 11) is 0. The van der Waals surface area contributed by atoms with Gasteiger partial charge < -0.3 is 0 Å². The molecule has 3 atom stereocenters. The van der Waals surface area contributed by atoms with Crippen LogP contribution < -0.4 is 5.32 Å². The molecule has 3 fully saturated rings. The van der Waals surface area contributed by atoms with Crippen LogP contribution in [0.4, 0.5) is 0 Å². The van der Waals surface area contributed by atoms with Crippen molar-refractivity contribution in [2.45, 2.75) is 63.6 Å². The van der Waals surface area contributed by atoms with Crippen molar-refractivity contribution in [2.24, 2.45) is 5.92 Å². The predicted octanol–water partition coefficient (Wildman–Crippen LogP) is 1.83. The van der Waals surface area contributed by atoms with Gasteiger partial charge in [-0.25, -0.2) is 0 Å². The molecule has 0 aromatic rings.